The molecule has 6 nitrogen and oxygen atoms in total. The number of amides is 2. The van der Waals surface area contributed by atoms with E-state index in [0.717, 1.165) is 23.7 Å². The molecule has 2 rings (SSSR count). The first kappa shape index (κ1) is 14.9. The van der Waals surface area contributed by atoms with Crippen molar-refractivity contribution in [2.24, 2.45) is 5.73 Å². The van der Waals surface area contributed by atoms with E-state index in [-0.39, 0.29) is 12.5 Å². The predicted molar refractivity (Wildman–Crippen MR) is 82.7 cm³/mol. The molecule has 1 aromatic heterocycles. The molecule has 0 radical (unpaired) electrons. The summed E-state index contributed by atoms with van der Waals surface area (Å²) in [5.41, 5.74) is 12.9. The Hall–Kier alpha value is -2.50. The largest absolute Gasteiger partial charge is 0.399 e. The van der Waals surface area contributed by atoms with Crippen LogP contribution in [0.4, 0.5) is 5.69 Å². The van der Waals surface area contributed by atoms with Gasteiger partial charge in [-0.2, -0.15) is 0 Å². The molecule has 0 bridgehead atoms. The Morgan fingerprint density at radius 1 is 1.33 bits per heavy atom. The Morgan fingerprint density at radius 2 is 2.10 bits per heavy atom. The number of primary amides is 1. The van der Waals surface area contributed by atoms with E-state index >= 15 is 0 Å². The number of hydrogen-bond donors (Lipinski definition) is 3. The first-order chi connectivity index (χ1) is 10.0. The van der Waals surface area contributed by atoms with Gasteiger partial charge in [0.05, 0.1) is 12.1 Å². The highest BCUT2D eigenvalue weighted by Gasteiger charge is 2.20. The van der Waals surface area contributed by atoms with Crippen LogP contribution in [0.25, 0.3) is 10.9 Å². The van der Waals surface area contributed by atoms with Crippen molar-refractivity contribution in [1.82, 2.24) is 9.88 Å². The summed E-state index contributed by atoms with van der Waals surface area (Å²) in [6, 6.07) is 5.35. The van der Waals surface area contributed by atoms with E-state index < -0.39 is 5.91 Å². The maximum absolute atomic E-state index is 12.6. The van der Waals surface area contributed by atoms with Crippen molar-refractivity contribution < 1.29 is 9.59 Å². The maximum atomic E-state index is 12.6. The Kier molecular flexibility index (Phi) is 4.47. The molecule has 0 atom stereocenters. The second-order valence-corrected chi connectivity index (χ2v) is 5.05. The van der Waals surface area contributed by atoms with Gasteiger partial charge in [-0.25, -0.2) is 0 Å². The van der Waals surface area contributed by atoms with Gasteiger partial charge in [-0.1, -0.05) is 13.3 Å². The summed E-state index contributed by atoms with van der Waals surface area (Å²) in [4.78, 5) is 28.3. The van der Waals surface area contributed by atoms with Crippen LogP contribution in [0.15, 0.2) is 24.4 Å². The third kappa shape index (κ3) is 3.34. The lowest BCUT2D eigenvalue weighted by Gasteiger charge is -2.20. The van der Waals surface area contributed by atoms with Crippen LogP contribution in [0.2, 0.25) is 0 Å². The van der Waals surface area contributed by atoms with Gasteiger partial charge in [0.1, 0.15) is 0 Å². The van der Waals surface area contributed by atoms with Gasteiger partial charge >= 0.3 is 0 Å². The number of fused-ring (bicyclic) bond motifs is 1. The quantitative estimate of drug-likeness (QED) is 0.701. The van der Waals surface area contributed by atoms with Crippen LogP contribution in [-0.4, -0.2) is 34.8 Å². The summed E-state index contributed by atoms with van der Waals surface area (Å²) in [5, 5.41) is 0.756. The van der Waals surface area contributed by atoms with E-state index in [4.69, 9.17) is 11.5 Å². The molecule has 5 N–H and O–H groups in total. The molecule has 0 fully saturated rings. The highest BCUT2D eigenvalue weighted by molar-refractivity contribution is 6.08. The smallest absolute Gasteiger partial charge is 0.256 e. The molecule has 6 heteroatoms. The molecular weight excluding hydrogens is 268 g/mol. The molecule has 0 unspecified atom stereocenters. The topological polar surface area (TPSA) is 105 Å². The summed E-state index contributed by atoms with van der Waals surface area (Å²) >= 11 is 0. The predicted octanol–water partition coefficient (Wildman–Crippen LogP) is 1.48. The van der Waals surface area contributed by atoms with E-state index in [0.29, 0.717) is 17.8 Å². The number of nitrogens with zero attached hydrogens (tertiary/aromatic N) is 1. The van der Waals surface area contributed by atoms with Crippen molar-refractivity contribution in [2.45, 2.75) is 19.8 Å². The number of H-pyrrole nitrogens is 1. The first-order valence-electron chi connectivity index (χ1n) is 6.97. The van der Waals surface area contributed by atoms with Crippen LogP contribution in [0, 0.1) is 0 Å². The number of nitrogen functional groups attached to an aromatic ring is 1. The molecule has 0 aliphatic heterocycles. The number of hydrogen-bond acceptors (Lipinski definition) is 3. The normalized spacial score (nSPS) is 10.7. The number of anilines is 1. The minimum Gasteiger partial charge on any atom is -0.399 e. The fraction of sp³-hybridized carbons (Fsp3) is 0.333. The van der Waals surface area contributed by atoms with Crippen molar-refractivity contribution in [2.75, 3.05) is 18.8 Å². The molecule has 0 aliphatic carbocycles. The molecule has 0 spiro atoms. The molecule has 2 aromatic rings. The maximum Gasteiger partial charge on any atom is 0.256 e. The van der Waals surface area contributed by atoms with Gasteiger partial charge in [-0.15, -0.1) is 0 Å². The zero-order valence-corrected chi connectivity index (χ0v) is 12.1. The lowest BCUT2D eigenvalue weighted by atomic mass is 10.1. The van der Waals surface area contributed by atoms with Crippen molar-refractivity contribution in [1.29, 1.82) is 0 Å². The second-order valence-electron chi connectivity index (χ2n) is 5.05. The van der Waals surface area contributed by atoms with Crippen LogP contribution >= 0.6 is 0 Å². The van der Waals surface area contributed by atoms with E-state index in [1.807, 2.05) is 13.0 Å². The number of aromatic amines is 1. The number of aromatic nitrogens is 1. The molecule has 1 aromatic carbocycles. The van der Waals surface area contributed by atoms with E-state index in [2.05, 4.69) is 4.98 Å². The van der Waals surface area contributed by atoms with Gasteiger partial charge in [0, 0.05) is 29.3 Å². The Balaban J connectivity index is 2.33. The van der Waals surface area contributed by atoms with Crippen LogP contribution < -0.4 is 11.5 Å². The van der Waals surface area contributed by atoms with Crippen molar-refractivity contribution >= 4 is 28.4 Å². The van der Waals surface area contributed by atoms with Crippen LogP contribution in [-0.2, 0) is 4.79 Å². The summed E-state index contributed by atoms with van der Waals surface area (Å²) < 4.78 is 0. The molecule has 0 aliphatic rings. The minimum atomic E-state index is -0.515. The van der Waals surface area contributed by atoms with Crippen molar-refractivity contribution in [3.8, 4) is 0 Å². The van der Waals surface area contributed by atoms with Gasteiger partial charge < -0.3 is 21.4 Å². The molecule has 112 valence electrons. The molecular formula is C15H20N4O2. The van der Waals surface area contributed by atoms with E-state index in [9.17, 15) is 9.59 Å². The van der Waals surface area contributed by atoms with Crippen LogP contribution in [0.3, 0.4) is 0 Å². The molecule has 0 saturated carbocycles. The van der Waals surface area contributed by atoms with Crippen molar-refractivity contribution in [3.63, 3.8) is 0 Å². The highest BCUT2D eigenvalue weighted by Crippen LogP contribution is 2.22. The molecule has 21 heavy (non-hydrogen) atoms. The van der Waals surface area contributed by atoms with Gasteiger partial charge in [0.2, 0.25) is 5.91 Å². The number of unbranched alkanes of at least 4 members (excludes halogenated alkanes) is 1. The molecule has 1 heterocycles. The van der Waals surface area contributed by atoms with Crippen LogP contribution in [0.1, 0.15) is 30.1 Å². The zero-order valence-electron chi connectivity index (χ0n) is 12.1. The Bertz CT molecular complexity index is 663. The average Bonchev–Trinajstić information content (AvgIpc) is 2.85. The van der Waals surface area contributed by atoms with Gasteiger partial charge in [0.25, 0.3) is 5.91 Å². The fourth-order valence-electron chi connectivity index (χ4n) is 2.28. The van der Waals surface area contributed by atoms with Gasteiger partial charge in [-0.05, 0) is 24.6 Å². The van der Waals surface area contributed by atoms with Gasteiger partial charge in [-0.3, -0.25) is 9.59 Å². The Morgan fingerprint density at radius 3 is 2.76 bits per heavy atom. The van der Waals surface area contributed by atoms with Crippen molar-refractivity contribution in [3.05, 3.63) is 30.0 Å². The lowest BCUT2D eigenvalue weighted by molar-refractivity contribution is -0.118. The Labute approximate surface area is 123 Å². The third-order valence-electron chi connectivity index (χ3n) is 3.35. The molecule has 2 amide bonds. The number of carbonyl (C=O) groups is 2. The number of rotatable bonds is 6. The van der Waals surface area contributed by atoms with E-state index in [1.54, 1.807) is 18.3 Å². The number of nitrogens with one attached hydrogen (secondary N) is 1. The first-order valence-corrected chi connectivity index (χ1v) is 6.97. The number of nitrogens with two attached hydrogens (primary N) is 2. The monoisotopic (exact) mass is 288 g/mol. The number of carbonyl (C=O) groups excluding carboxylic acids is 2. The standard InChI is InChI=1S/C15H20N4O2/c1-2-3-6-19(9-14(17)20)15(21)12-8-18-13-5-4-10(16)7-11(12)13/h4-5,7-8,18H,2-3,6,9,16H2,1H3,(H2,17,20). The lowest BCUT2D eigenvalue weighted by Crippen LogP contribution is -2.39. The fourth-order valence-corrected chi connectivity index (χ4v) is 2.28. The average molecular weight is 288 g/mol. The van der Waals surface area contributed by atoms with E-state index in [1.165, 1.54) is 4.90 Å². The summed E-state index contributed by atoms with van der Waals surface area (Å²) in [6.07, 6.45) is 3.40. The SMILES string of the molecule is CCCCN(CC(N)=O)C(=O)c1c[nH]c2ccc(N)cc12. The zero-order chi connectivity index (χ0) is 15.4. The summed E-state index contributed by atoms with van der Waals surface area (Å²) in [6.45, 7) is 2.46. The second kappa shape index (κ2) is 6.30. The summed E-state index contributed by atoms with van der Waals surface area (Å²) in [7, 11) is 0. The highest BCUT2D eigenvalue weighted by atomic mass is 16.2. The molecule has 0 saturated heterocycles. The van der Waals surface area contributed by atoms with Crippen LogP contribution in [0.5, 0.6) is 0 Å². The number of benzene rings is 1. The van der Waals surface area contributed by atoms with Gasteiger partial charge in [0.15, 0.2) is 0 Å². The third-order valence-corrected chi connectivity index (χ3v) is 3.35. The summed E-state index contributed by atoms with van der Waals surface area (Å²) in [5.74, 6) is -0.724. The minimum absolute atomic E-state index is 0.0756.